The van der Waals surface area contributed by atoms with E-state index in [0.717, 1.165) is 16.9 Å². The van der Waals surface area contributed by atoms with Gasteiger partial charge in [-0.05, 0) is 42.1 Å². The van der Waals surface area contributed by atoms with Gasteiger partial charge in [-0.25, -0.2) is 13.4 Å². The van der Waals surface area contributed by atoms with Crippen LogP contribution in [0.1, 0.15) is 5.56 Å². The number of methoxy groups -OCH3 is 1. The molecule has 0 atom stereocenters. The highest BCUT2D eigenvalue weighted by Gasteiger charge is 2.15. The summed E-state index contributed by atoms with van der Waals surface area (Å²) >= 11 is 1.15. The SMILES string of the molecule is COc1cc(C)ccc1Oc1ccc(NS(=O)(=O)c2cccs2)cn1. The Labute approximate surface area is 150 Å². The Balaban J connectivity index is 1.75. The topological polar surface area (TPSA) is 77.5 Å². The number of sulfonamides is 1. The number of pyridine rings is 1. The first-order valence-electron chi connectivity index (χ1n) is 7.33. The van der Waals surface area contributed by atoms with Gasteiger partial charge in [0.25, 0.3) is 10.0 Å². The van der Waals surface area contributed by atoms with E-state index in [1.807, 2.05) is 19.1 Å². The molecule has 1 N–H and O–H groups in total. The minimum absolute atomic E-state index is 0.247. The average Bonchev–Trinajstić information content (AvgIpc) is 3.13. The molecule has 0 unspecified atom stereocenters. The molecule has 0 spiro atoms. The quantitative estimate of drug-likeness (QED) is 0.702. The van der Waals surface area contributed by atoms with Crippen LogP contribution in [-0.4, -0.2) is 20.5 Å². The molecule has 0 aliphatic heterocycles. The number of hydrogen-bond donors (Lipinski definition) is 1. The summed E-state index contributed by atoms with van der Waals surface area (Å²) in [6, 6.07) is 12.0. The number of nitrogens with zero attached hydrogens (tertiary/aromatic N) is 1. The molecule has 3 aromatic rings. The molecule has 25 heavy (non-hydrogen) atoms. The van der Waals surface area contributed by atoms with Gasteiger partial charge in [-0.15, -0.1) is 11.3 Å². The van der Waals surface area contributed by atoms with E-state index in [1.54, 1.807) is 42.8 Å². The minimum atomic E-state index is -3.59. The summed E-state index contributed by atoms with van der Waals surface area (Å²) in [6.45, 7) is 1.96. The molecular formula is C17H16N2O4S2. The maximum absolute atomic E-state index is 12.2. The molecule has 0 saturated carbocycles. The molecule has 0 radical (unpaired) electrons. The highest BCUT2D eigenvalue weighted by Crippen LogP contribution is 2.31. The molecule has 0 aliphatic carbocycles. The van der Waals surface area contributed by atoms with Crippen molar-refractivity contribution >= 4 is 27.0 Å². The van der Waals surface area contributed by atoms with Crippen LogP contribution in [0, 0.1) is 6.92 Å². The van der Waals surface area contributed by atoms with Crippen molar-refractivity contribution in [1.82, 2.24) is 4.98 Å². The largest absolute Gasteiger partial charge is 0.493 e. The number of ether oxygens (including phenoxy) is 2. The lowest BCUT2D eigenvalue weighted by Gasteiger charge is -2.11. The third-order valence-electron chi connectivity index (χ3n) is 3.28. The second-order valence-corrected chi connectivity index (χ2v) is 8.04. The average molecular weight is 376 g/mol. The first kappa shape index (κ1) is 17.2. The maximum Gasteiger partial charge on any atom is 0.271 e. The molecule has 130 valence electrons. The van der Waals surface area contributed by atoms with Crippen LogP contribution in [0.4, 0.5) is 5.69 Å². The predicted molar refractivity (Wildman–Crippen MR) is 97.2 cm³/mol. The fraction of sp³-hybridized carbons (Fsp3) is 0.118. The van der Waals surface area contributed by atoms with E-state index in [1.165, 1.54) is 6.20 Å². The summed E-state index contributed by atoms with van der Waals surface area (Å²) in [4.78, 5) is 4.14. The van der Waals surface area contributed by atoms with Crippen LogP contribution in [0.25, 0.3) is 0 Å². The van der Waals surface area contributed by atoms with E-state index in [9.17, 15) is 8.42 Å². The van der Waals surface area contributed by atoms with Crippen LogP contribution in [0.5, 0.6) is 17.4 Å². The van der Waals surface area contributed by atoms with Crippen molar-refractivity contribution in [3.63, 3.8) is 0 Å². The monoisotopic (exact) mass is 376 g/mol. The molecule has 0 amide bonds. The van der Waals surface area contributed by atoms with Gasteiger partial charge in [-0.2, -0.15) is 0 Å². The summed E-state index contributed by atoms with van der Waals surface area (Å²) in [5.41, 5.74) is 1.41. The Morgan fingerprint density at radius 3 is 2.60 bits per heavy atom. The summed E-state index contributed by atoms with van der Waals surface area (Å²) in [7, 11) is -2.02. The van der Waals surface area contributed by atoms with Crippen molar-refractivity contribution in [3.05, 3.63) is 59.6 Å². The summed E-state index contributed by atoms with van der Waals surface area (Å²) in [5.74, 6) is 1.47. The van der Waals surface area contributed by atoms with Gasteiger partial charge in [0.15, 0.2) is 11.5 Å². The van der Waals surface area contributed by atoms with Gasteiger partial charge < -0.3 is 9.47 Å². The van der Waals surface area contributed by atoms with E-state index < -0.39 is 10.0 Å². The Morgan fingerprint density at radius 2 is 1.96 bits per heavy atom. The zero-order chi connectivity index (χ0) is 17.9. The van der Waals surface area contributed by atoms with Crippen molar-refractivity contribution < 1.29 is 17.9 Å². The van der Waals surface area contributed by atoms with Crippen LogP contribution in [0.2, 0.25) is 0 Å². The third-order valence-corrected chi connectivity index (χ3v) is 6.06. The molecule has 0 bridgehead atoms. The summed E-state index contributed by atoms with van der Waals surface area (Å²) < 4.78 is 38.1. The van der Waals surface area contributed by atoms with Gasteiger partial charge in [-0.1, -0.05) is 12.1 Å². The number of benzene rings is 1. The van der Waals surface area contributed by atoms with Gasteiger partial charge >= 0.3 is 0 Å². The second-order valence-electron chi connectivity index (χ2n) is 5.18. The van der Waals surface area contributed by atoms with E-state index in [0.29, 0.717) is 23.1 Å². The molecule has 0 aliphatic rings. The van der Waals surface area contributed by atoms with Crippen molar-refractivity contribution in [2.75, 3.05) is 11.8 Å². The second kappa shape index (κ2) is 7.12. The number of aryl methyl sites for hydroxylation is 1. The Kier molecular flexibility index (Phi) is 4.91. The standard InChI is InChI=1S/C17H16N2O4S2/c1-12-5-7-14(15(10-12)22-2)23-16-8-6-13(11-18-16)19-25(20,21)17-4-3-9-24-17/h3-11,19H,1-2H3. The highest BCUT2D eigenvalue weighted by molar-refractivity contribution is 7.94. The maximum atomic E-state index is 12.2. The normalized spacial score (nSPS) is 11.1. The van der Waals surface area contributed by atoms with Crippen LogP contribution >= 0.6 is 11.3 Å². The minimum Gasteiger partial charge on any atom is -0.493 e. The van der Waals surface area contributed by atoms with E-state index in [2.05, 4.69) is 9.71 Å². The molecule has 2 heterocycles. The first-order chi connectivity index (χ1) is 12.0. The lowest BCUT2D eigenvalue weighted by atomic mass is 10.2. The van der Waals surface area contributed by atoms with E-state index in [4.69, 9.17) is 9.47 Å². The van der Waals surface area contributed by atoms with Crippen LogP contribution in [0.3, 0.4) is 0 Å². The fourth-order valence-corrected chi connectivity index (χ4v) is 4.13. The zero-order valence-corrected chi connectivity index (χ0v) is 15.2. The van der Waals surface area contributed by atoms with E-state index >= 15 is 0 Å². The number of aromatic nitrogens is 1. The summed E-state index contributed by atoms with van der Waals surface area (Å²) in [6.07, 6.45) is 1.40. The first-order valence-corrected chi connectivity index (χ1v) is 9.69. The molecule has 1 aromatic carbocycles. The molecule has 2 aromatic heterocycles. The fourth-order valence-electron chi connectivity index (χ4n) is 2.09. The molecule has 0 saturated heterocycles. The zero-order valence-electron chi connectivity index (χ0n) is 13.6. The number of hydrogen-bond acceptors (Lipinski definition) is 6. The lowest BCUT2D eigenvalue weighted by molar-refractivity contribution is 0.374. The van der Waals surface area contributed by atoms with Crippen molar-refractivity contribution in [2.24, 2.45) is 0 Å². The Hall–Kier alpha value is -2.58. The number of rotatable bonds is 6. The van der Waals surface area contributed by atoms with Gasteiger partial charge in [0.2, 0.25) is 5.88 Å². The highest BCUT2D eigenvalue weighted by atomic mass is 32.2. The molecular weight excluding hydrogens is 360 g/mol. The van der Waals surface area contributed by atoms with E-state index in [-0.39, 0.29) is 4.21 Å². The summed E-state index contributed by atoms with van der Waals surface area (Å²) in [5, 5.41) is 1.71. The van der Waals surface area contributed by atoms with Gasteiger partial charge in [0.1, 0.15) is 4.21 Å². The van der Waals surface area contributed by atoms with Crippen molar-refractivity contribution in [2.45, 2.75) is 11.1 Å². The predicted octanol–water partition coefficient (Wildman–Crippen LogP) is 4.05. The Bertz CT molecular complexity index is 953. The van der Waals surface area contributed by atoms with Crippen molar-refractivity contribution in [1.29, 1.82) is 0 Å². The smallest absolute Gasteiger partial charge is 0.271 e. The van der Waals surface area contributed by atoms with Gasteiger partial charge in [0.05, 0.1) is 19.0 Å². The van der Waals surface area contributed by atoms with Crippen molar-refractivity contribution in [3.8, 4) is 17.4 Å². The number of thiophene rings is 1. The van der Waals surface area contributed by atoms with Crippen LogP contribution < -0.4 is 14.2 Å². The number of nitrogens with one attached hydrogen (secondary N) is 1. The molecule has 8 heteroatoms. The molecule has 0 fully saturated rings. The van der Waals surface area contributed by atoms with Gasteiger partial charge in [0, 0.05) is 6.07 Å². The van der Waals surface area contributed by atoms with Crippen LogP contribution in [-0.2, 0) is 10.0 Å². The van der Waals surface area contributed by atoms with Crippen LogP contribution in [0.15, 0.2) is 58.3 Å². The lowest BCUT2D eigenvalue weighted by Crippen LogP contribution is -2.11. The Morgan fingerprint density at radius 1 is 1.12 bits per heavy atom. The van der Waals surface area contributed by atoms with Gasteiger partial charge in [-0.3, -0.25) is 4.72 Å². The molecule has 6 nitrogen and oxygen atoms in total. The number of anilines is 1. The molecule has 3 rings (SSSR count). The third kappa shape index (κ3) is 4.09.